The summed E-state index contributed by atoms with van der Waals surface area (Å²) < 4.78 is 0. The van der Waals surface area contributed by atoms with E-state index in [1.807, 2.05) is 6.92 Å². The number of likely N-dealkylation sites (N-methyl/N-ethyl adjacent to an activating group) is 1. The average Bonchev–Trinajstić information content (AvgIpc) is 2.70. The summed E-state index contributed by atoms with van der Waals surface area (Å²) in [5.41, 5.74) is 3.34. The second kappa shape index (κ2) is 7.18. The van der Waals surface area contributed by atoms with Gasteiger partial charge in [-0.25, -0.2) is 0 Å². The van der Waals surface area contributed by atoms with E-state index in [2.05, 4.69) is 0 Å². The van der Waals surface area contributed by atoms with Crippen LogP contribution in [0, 0.1) is 11.8 Å². The molecule has 9 nitrogen and oxygen atoms in total. The average molecular weight is 442 g/mol. The van der Waals surface area contributed by atoms with Crippen LogP contribution < -0.4 is 5.73 Å². The van der Waals surface area contributed by atoms with Gasteiger partial charge in [-0.1, -0.05) is 13.0 Å². The fraction of sp³-hybridized carbons (Fsp3) is 0.435. The fourth-order valence-corrected chi connectivity index (χ4v) is 5.65. The van der Waals surface area contributed by atoms with Crippen LogP contribution in [0.1, 0.15) is 34.8 Å². The summed E-state index contributed by atoms with van der Waals surface area (Å²) in [4.78, 5) is 40.0. The summed E-state index contributed by atoms with van der Waals surface area (Å²) >= 11 is 0. The molecule has 0 heterocycles. The molecule has 0 spiro atoms. The molecule has 6 N–H and O–H groups in total. The normalized spacial score (nSPS) is 29.7. The van der Waals surface area contributed by atoms with Gasteiger partial charge in [0, 0.05) is 11.5 Å². The van der Waals surface area contributed by atoms with E-state index in [0.29, 0.717) is 18.4 Å². The van der Waals surface area contributed by atoms with Gasteiger partial charge in [0.15, 0.2) is 11.4 Å². The zero-order chi connectivity index (χ0) is 23.7. The maximum absolute atomic E-state index is 13.4. The molecule has 170 valence electrons. The monoisotopic (exact) mass is 442 g/mol. The maximum Gasteiger partial charge on any atom is 0.255 e. The molecule has 32 heavy (non-hydrogen) atoms. The van der Waals surface area contributed by atoms with Gasteiger partial charge in [0.05, 0.1) is 11.6 Å². The number of carbonyl (C=O) groups excluding carboxylic acids is 3. The van der Waals surface area contributed by atoms with Crippen LogP contribution in [0.3, 0.4) is 0 Å². The molecule has 1 aromatic carbocycles. The molecule has 0 bridgehead atoms. The van der Waals surface area contributed by atoms with Crippen molar-refractivity contribution in [2.75, 3.05) is 14.1 Å². The van der Waals surface area contributed by atoms with Gasteiger partial charge in [-0.2, -0.15) is 0 Å². The lowest BCUT2D eigenvalue weighted by Gasteiger charge is -2.50. The smallest absolute Gasteiger partial charge is 0.255 e. The summed E-state index contributed by atoms with van der Waals surface area (Å²) in [6, 6.07) is 2.17. The predicted molar refractivity (Wildman–Crippen MR) is 113 cm³/mol. The number of benzene rings is 1. The summed E-state index contributed by atoms with van der Waals surface area (Å²) in [5, 5.41) is 43.8. The highest BCUT2D eigenvalue weighted by atomic mass is 16.3. The van der Waals surface area contributed by atoms with Crippen LogP contribution in [-0.2, 0) is 22.4 Å². The molecular weight excluding hydrogens is 416 g/mol. The first-order valence-corrected chi connectivity index (χ1v) is 10.4. The highest BCUT2D eigenvalue weighted by molar-refractivity contribution is 6.24. The lowest BCUT2D eigenvalue weighted by Crippen LogP contribution is -2.63. The number of amides is 1. The van der Waals surface area contributed by atoms with Crippen molar-refractivity contribution in [1.82, 2.24) is 4.90 Å². The zero-order valence-corrected chi connectivity index (χ0v) is 18.0. The van der Waals surface area contributed by atoms with Crippen molar-refractivity contribution in [1.29, 1.82) is 0 Å². The molecular formula is C23H26N2O7. The third kappa shape index (κ3) is 2.67. The number of Topliss-reactive ketones (excluding diaryl/α,β-unsaturated/α-hetero) is 2. The number of hydrogen-bond donors (Lipinski definition) is 5. The van der Waals surface area contributed by atoms with Crippen LogP contribution in [0.2, 0.25) is 0 Å². The number of fused-ring (bicyclic) bond motifs is 3. The van der Waals surface area contributed by atoms with Gasteiger partial charge in [0.1, 0.15) is 22.8 Å². The lowest BCUT2D eigenvalue weighted by molar-refractivity contribution is -0.148. The summed E-state index contributed by atoms with van der Waals surface area (Å²) in [6.45, 7) is 1.93. The van der Waals surface area contributed by atoms with Crippen molar-refractivity contribution in [3.8, 4) is 5.75 Å². The first-order chi connectivity index (χ1) is 15.0. The first kappa shape index (κ1) is 22.0. The molecule has 0 saturated carbocycles. The number of nitrogens with zero attached hydrogens (tertiary/aromatic N) is 1. The zero-order valence-electron chi connectivity index (χ0n) is 18.0. The quantitative estimate of drug-likeness (QED) is 0.427. The van der Waals surface area contributed by atoms with Crippen molar-refractivity contribution in [3.05, 3.63) is 51.5 Å². The van der Waals surface area contributed by atoms with Crippen LogP contribution in [-0.4, -0.2) is 68.5 Å². The topological polar surface area (TPSA) is 161 Å². The standard InChI is InChI=1S/C23H26N2O7/c1-4-9-5-6-13(26)15-11(9)7-10-8-12-17(25(2)3)19(28)16(22(24)31)21(30)23(12,32)20(29)14(10)18(15)27/h5-6,10,12,17,26,28-29,32H,4,7-8H2,1-3H3,(H2,24,31)/t10-,12-,17-,23-/m0/s1. The number of phenols is 1. The number of carbonyl (C=O) groups is 3. The Morgan fingerprint density at radius 1 is 1.22 bits per heavy atom. The Hall–Kier alpha value is -3.17. The maximum atomic E-state index is 13.4. The number of primary amides is 1. The number of phenolic OH excluding ortho intramolecular Hbond substituents is 1. The van der Waals surface area contributed by atoms with Crippen LogP contribution >= 0.6 is 0 Å². The molecule has 4 atom stereocenters. The fourth-order valence-electron chi connectivity index (χ4n) is 5.65. The van der Waals surface area contributed by atoms with Gasteiger partial charge >= 0.3 is 0 Å². The van der Waals surface area contributed by atoms with Crippen molar-refractivity contribution in [2.24, 2.45) is 17.6 Å². The van der Waals surface area contributed by atoms with Gasteiger partial charge in [-0.05, 0) is 56.5 Å². The van der Waals surface area contributed by atoms with Gasteiger partial charge in [-0.15, -0.1) is 0 Å². The summed E-state index contributed by atoms with van der Waals surface area (Å²) in [5.74, 6) is -6.37. The van der Waals surface area contributed by atoms with Gasteiger partial charge in [0.2, 0.25) is 5.78 Å². The number of rotatable bonds is 3. The number of aryl methyl sites for hydroxylation is 1. The van der Waals surface area contributed by atoms with E-state index in [9.17, 15) is 34.8 Å². The Balaban J connectivity index is 1.98. The second-order valence-corrected chi connectivity index (χ2v) is 8.91. The molecule has 3 aliphatic rings. The highest BCUT2D eigenvalue weighted by Crippen LogP contribution is 2.52. The van der Waals surface area contributed by atoms with E-state index in [4.69, 9.17) is 5.73 Å². The number of aromatic hydroxyl groups is 1. The number of hydrogen-bond acceptors (Lipinski definition) is 8. The predicted octanol–water partition coefficient (Wildman–Crippen LogP) is 0.683. The van der Waals surface area contributed by atoms with E-state index in [-0.39, 0.29) is 23.3 Å². The molecule has 3 aliphatic carbocycles. The summed E-state index contributed by atoms with van der Waals surface area (Å²) in [6.07, 6.45) is 1.03. The number of allylic oxidation sites excluding steroid dienone is 1. The van der Waals surface area contributed by atoms with E-state index < -0.39 is 58.0 Å². The van der Waals surface area contributed by atoms with Crippen LogP contribution in [0.4, 0.5) is 0 Å². The lowest BCUT2D eigenvalue weighted by atomic mass is 9.58. The minimum Gasteiger partial charge on any atom is -0.510 e. The SMILES string of the molecule is CCc1ccc(O)c2c1C[C@H]1C[C@H]3[C@H](N(C)C)C(O)=C(C(N)=O)C(=O)[C@@]3(O)C(O)=C1C2=O. The molecule has 0 radical (unpaired) electrons. The molecule has 0 fully saturated rings. The molecule has 0 saturated heterocycles. The molecule has 0 unspecified atom stereocenters. The number of nitrogens with two attached hydrogens (primary N) is 1. The molecule has 4 rings (SSSR count). The Morgan fingerprint density at radius 2 is 1.88 bits per heavy atom. The van der Waals surface area contributed by atoms with E-state index in [1.165, 1.54) is 11.0 Å². The van der Waals surface area contributed by atoms with E-state index >= 15 is 0 Å². The number of aliphatic hydroxyl groups excluding tert-OH is 2. The third-order valence-corrected chi connectivity index (χ3v) is 7.08. The van der Waals surface area contributed by atoms with Crippen molar-refractivity contribution in [3.63, 3.8) is 0 Å². The minimum absolute atomic E-state index is 0.0464. The van der Waals surface area contributed by atoms with Crippen molar-refractivity contribution in [2.45, 2.75) is 37.8 Å². The highest BCUT2D eigenvalue weighted by Gasteiger charge is 2.63. The molecule has 1 aromatic rings. The molecule has 0 aromatic heterocycles. The van der Waals surface area contributed by atoms with E-state index in [0.717, 1.165) is 5.56 Å². The van der Waals surface area contributed by atoms with Gasteiger partial charge < -0.3 is 26.2 Å². The Labute approximate surface area is 184 Å². The Bertz CT molecular complexity index is 1130. The van der Waals surface area contributed by atoms with Gasteiger partial charge in [-0.3, -0.25) is 19.3 Å². The third-order valence-electron chi connectivity index (χ3n) is 7.08. The van der Waals surface area contributed by atoms with Crippen LogP contribution in [0.25, 0.3) is 0 Å². The van der Waals surface area contributed by atoms with Crippen LogP contribution in [0.15, 0.2) is 34.8 Å². The molecule has 9 heteroatoms. The van der Waals surface area contributed by atoms with E-state index in [1.54, 1.807) is 20.2 Å². The van der Waals surface area contributed by atoms with Crippen molar-refractivity contribution < 1.29 is 34.8 Å². The second-order valence-electron chi connectivity index (χ2n) is 8.91. The first-order valence-electron chi connectivity index (χ1n) is 10.4. The number of aliphatic hydroxyl groups is 3. The molecule has 1 amide bonds. The Morgan fingerprint density at radius 3 is 2.44 bits per heavy atom. The van der Waals surface area contributed by atoms with Gasteiger partial charge in [0.25, 0.3) is 5.91 Å². The summed E-state index contributed by atoms with van der Waals surface area (Å²) in [7, 11) is 3.20. The molecule has 0 aliphatic heterocycles. The Kier molecular flexibility index (Phi) is 4.94. The minimum atomic E-state index is -2.61. The van der Waals surface area contributed by atoms with Crippen LogP contribution in [0.5, 0.6) is 5.75 Å². The van der Waals surface area contributed by atoms with Crippen molar-refractivity contribution >= 4 is 17.5 Å². The largest absolute Gasteiger partial charge is 0.510 e. The number of ketones is 2.